The summed E-state index contributed by atoms with van der Waals surface area (Å²) in [5, 5.41) is 6.57. The summed E-state index contributed by atoms with van der Waals surface area (Å²) in [6.45, 7) is 0. The number of hydrogen-bond acceptors (Lipinski definition) is 6. The smallest absolute Gasteiger partial charge is 0.233 e. The van der Waals surface area contributed by atoms with Crippen LogP contribution in [0.2, 0.25) is 5.02 Å². The van der Waals surface area contributed by atoms with Crippen LogP contribution in [0, 0.1) is 0 Å². The van der Waals surface area contributed by atoms with Crippen LogP contribution in [-0.2, 0) is 0 Å². The quantitative estimate of drug-likeness (QED) is 0.876. The molecular formula is C12H14BrClN6. The Hall–Kier alpha value is -1.60. The predicted molar refractivity (Wildman–Crippen MR) is 86.1 cm³/mol. The first-order valence-corrected chi connectivity index (χ1v) is 7.00. The van der Waals surface area contributed by atoms with Gasteiger partial charge < -0.3 is 15.5 Å². The molecule has 0 amide bonds. The second-order valence-corrected chi connectivity index (χ2v) is 5.50. The first-order valence-electron chi connectivity index (χ1n) is 5.83. The number of nitrogens with zero attached hydrogens (tertiary/aromatic N) is 4. The molecule has 0 aliphatic carbocycles. The van der Waals surface area contributed by atoms with E-state index < -0.39 is 0 Å². The van der Waals surface area contributed by atoms with Gasteiger partial charge in [0, 0.05) is 25.6 Å². The van der Waals surface area contributed by atoms with Crippen LogP contribution >= 0.6 is 27.5 Å². The van der Waals surface area contributed by atoms with Crippen LogP contribution in [0.5, 0.6) is 0 Å². The Balaban J connectivity index is 2.34. The topological polar surface area (TPSA) is 66.0 Å². The summed E-state index contributed by atoms with van der Waals surface area (Å²) in [5.74, 6) is 1.47. The third-order valence-electron chi connectivity index (χ3n) is 2.42. The van der Waals surface area contributed by atoms with Crippen LogP contribution < -0.4 is 15.5 Å². The Kier molecular flexibility index (Phi) is 4.61. The lowest BCUT2D eigenvalue weighted by Crippen LogP contribution is -2.15. The SMILES string of the molecule is CNc1nc(Nc2ccc(Br)cc2Cl)nc(N(C)C)n1. The van der Waals surface area contributed by atoms with Gasteiger partial charge in [-0.1, -0.05) is 27.5 Å². The molecule has 8 heteroatoms. The van der Waals surface area contributed by atoms with Gasteiger partial charge in [-0.05, 0) is 18.2 Å². The molecule has 0 fully saturated rings. The molecule has 6 nitrogen and oxygen atoms in total. The van der Waals surface area contributed by atoms with Crippen LogP contribution in [0.1, 0.15) is 0 Å². The monoisotopic (exact) mass is 356 g/mol. The van der Waals surface area contributed by atoms with Crippen molar-refractivity contribution in [2.45, 2.75) is 0 Å². The minimum atomic E-state index is 0.428. The number of aromatic nitrogens is 3. The summed E-state index contributed by atoms with van der Waals surface area (Å²) in [4.78, 5) is 14.6. The van der Waals surface area contributed by atoms with E-state index in [1.807, 2.05) is 26.2 Å². The van der Waals surface area contributed by atoms with Gasteiger partial charge in [-0.3, -0.25) is 0 Å². The molecule has 0 saturated heterocycles. The molecule has 0 atom stereocenters. The summed E-state index contributed by atoms with van der Waals surface area (Å²) in [7, 11) is 5.49. The average Bonchev–Trinajstić information content (AvgIpc) is 2.41. The fourth-order valence-corrected chi connectivity index (χ4v) is 2.16. The van der Waals surface area contributed by atoms with E-state index >= 15 is 0 Å². The molecule has 0 radical (unpaired) electrons. The third kappa shape index (κ3) is 3.49. The summed E-state index contributed by atoms with van der Waals surface area (Å²) in [6, 6.07) is 5.54. The van der Waals surface area contributed by atoms with Gasteiger partial charge in [0.2, 0.25) is 17.8 Å². The number of rotatable bonds is 4. The van der Waals surface area contributed by atoms with E-state index in [1.165, 1.54) is 0 Å². The van der Waals surface area contributed by atoms with Crippen LogP contribution in [0.3, 0.4) is 0 Å². The molecule has 0 aliphatic heterocycles. The van der Waals surface area contributed by atoms with E-state index in [1.54, 1.807) is 18.0 Å². The molecule has 0 spiro atoms. The Labute approximate surface area is 130 Å². The van der Waals surface area contributed by atoms with E-state index in [0.717, 1.165) is 10.2 Å². The van der Waals surface area contributed by atoms with Gasteiger partial charge in [0.1, 0.15) is 0 Å². The Morgan fingerprint density at radius 1 is 1.15 bits per heavy atom. The predicted octanol–water partition coefficient (Wildman–Crippen LogP) is 3.14. The van der Waals surface area contributed by atoms with Gasteiger partial charge in [0.15, 0.2) is 0 Å². The maximum absolute atomic E-state index is 6.17. The van der Waals surface area contributed by atoms with Crippen LogP contribution in [0.15, 0.2) is 22.7 Å². The van der Waals surface area contributed by atoms with Crippen molar-refractivity contribution in [1.82, 2.24) is 15.0 Å². The van der Waals surface area contributed by atoms with Crippen molar-refractivity contribution in [2.24, 2.45) is 0 Å². The molecule has 0 unspecified atom stereocenters. The molecule has 0 bridgehead atoms. The fraction of sp³-hybridized carbons (Fsp3) is 0.250. The zero-order chi connectivity index (χ0) is 14.7. The maximum atomic E-state index is 6.17. The third-order valence-corrected chi connectivity index (χ3v) is 3.23. The van der Waals surface area contributed by atoms with Crippen molar-refractivity contribution >= 4 is 51.1 Å². The molecule has 20 heavy (non-hydrogen) atoms. The number of nitrogens with one attached hydrogen (secondary N) is 2. The zero-order valence-electron chi connectivity index (χ0n) is 11.3. The van der Waals surface area contributed by atoms with Gasteiger partial charge in [-0.2, -0.15) is 15.0 Å². The minimum Gasteiger partial charge on any atom is -0.357 e. The normalized spacial score (nSPS) is 10.2. The summed E-state index contributed by atoms with van der Waals surface area (Å²) in [5.41, 5.74) is 0.729. The molecule has 2 rings (SSSR count). The molecule has 0 saturated carbocycles. The van der Waals surface area contributed by atoms with E-state index in [9.17, 15) is 0 Å². The number of hydrogen-bond donors (Lipinski definition) is 2. The maximum Gasteiger partial charge on any atom is 0.233 e. The summed E-state index contributed by atoms with van der Waals surface area (Å²) >= 11 is 9.53. The number of benzene rings is 1. The lowest BCUT2D eigenvalue weighted by Gasteiger charge is -2.13. The van der Waals surface area contributed by atoms with Crippen molar-refractivity contribution in [1.29, 1.82) is 0 Å². The molecule has 2 aromatic rings. The second kappa shape index (κ2) is 6.23. The van der Waals surface area contributed by atoms with Crippen LogP contribution in [0.4, 0.5) is 23.5 Å². The molecule has 1 aromatic heterocycles. The van der Waals surface area contributed by atoms with E-state index in [2.05, 4.69) is 41.5 Å². The van der Waals surface area contributed by atoms with Crippen LogP contribution in [-0.4, -0.2) is 36.1 Å². The van der Waals surface area contributed by atoms with Crippen molar-refractivity contribution in [3.63, 3.8) is 0 Å². The van der Waals surface area contributed by atoms with Gasteiger partial charge in [0.05, 0.1) is 10.7 Å². The van der Waals surface area contributed by atoms with Crippen molar-refractivity contribution in [3.8, 4) is 0 Å². The number of halogens is 2. The van der Waals surface area contributed by atoms with E-state index in [4.69, 9.17) is 11.6 Å². The first kappa shape index (κ1) is 14.8. The lowest BCUT2D eigenvalue weighted by molar-refractivity contribution is 0.963. The summed E-state index contributed by atoms with van der Waals surface area (Å²) < 4.78 is 0.911. The van der Waals surface area contributed by atoms with Crippen LogP contribution in [0.25, 0.3) is 0 Å². The average molecular weight is 358 g/mol. The standard InChI is InChI=1S/C12H14BrClN6/c1-15-10-17-11(19-12(18-10)20(2)3)16-9-5-4-7(13)6-8(9)14/h4-6H,1-3H3,(H2,15,16,17,18,19). The second-order valence-electron chi connectivity index (χ2n) is 4.18. The van der Waals surface area contributed by atoms with E-state index in [-0.39, 0.29) is 0 Å². The lowest BCUT2D eigenvalue weighted by atomic mass is 10.3. The highest BCUT2D eigenvalue weighted by Crippen LogP contribution is 2.27. The molecular weight excluding hydrogens is 344 g/mol. The number of anilines is 4. The Bertz CT molecular complexity index is 619. The van der Waals surface area contributed by atoms with Crippen molar-refractivity contribution in [2.75, 3.05) is 36.7 Å². The molecule has 106 valence electrons. The van der Waals surface area contributed by atoms with Crippen molar-refractivity contribution < 1.29 is 0 Å². The highest BCUT2D eigenvalue weighted by Gasteiger charge is 2.09. The van der Waals surface area contributed by atoms with Gasteiger partial charge in [-0.15, -0.1) is 0 Å². The fourth-order valence-electron chi connectivity index (χ4n) is 1.44. The van der Waals surface area contributed by atoms with Gasteiger partial charge in [0.25, 0.3) is 0 Å². The highest BCUT2D eigenvalue weighted by atomic mass is 79.9. The van der Waals surface area contributed by atoms with E-state index in [0.29, 0.717) is 22.9 Å². The molecule has 1 heterocycles. The Morgan fingerprint density at radius 3 is 2.45 bits per heavy atom. The van der Waals surface area contributed by atoms with Gasteiger partial charge in [-0.25, -0.2) is 0 Å². The molecule has 0 aliphatic rings. The first-order chi connectivity index (χ1) is 9.49. The van der Waals surface area contributed by atoms with Crippen molar-refractivity contribution in [3.05, 3.63) is 27.7 Å². The van der Waals surface area contributed by atoms with Gasteiger partial charge >= 0.3 is 0 Å². The minimum absolute atomic E-state index is 0.428. The zero-order valence-corrected chi connectivity index (χ0v) is 13.6. The molecule has 2 N–H and O–H groups in total. The highest BCUT2D eigenvalue weighted by molar-refractivity contribution is 9.10. The molecule has 1 aromatic carbocycles. The largest absolute Gasteiger partial charge is 0.357 e. The Morgan fingerprint density at radius 2 is 1.85 bits per heavy atom. The summed E-state index contributed by atoms with van der Waals surface area (Å²) in [6.07, 6.45) is 0.